The third-order valence-electron chi connectivity index (χ3n) is 3.76. The highest BCUT2D eigenvalue weighted by atomic mass is 32.2. The zero-order valence-corrected chi connectivity index (χ0v) is 17.0. The summed E-state index contributed by atoms with van der Waals surface area (Å²) in [6.07, 6.45) is 5.36. The van der Waals surface area contributed by atoms with Gasteiger partial charge in [-0.2, -0.15) is 5.10 Å². The molecule has 0 spiro atoms. The summed E-state index contributed by atoms with van der Waals surface area (Å²) in [5.41, 5.74) is 0.810. The Hall–Kier alpha value is -1.83. The maximum Gasteiger partial charge on any atom is 0.220 e. The molecule has 0 saturated carbocycles. The number of nitrogens with zero attached hydrogens (tertiary/aromatic N) is 4. The van der Waals surface area contributed by atoms with Crippen LogP contribution in [0.5, 0.6) is 0 Å². The predicted octanol–water partition coefficient (Wildman–Crippen LogP) is 3.46. The number of aromatic nitrogens is 4. The summed E-state index contributed by atoms with van der Waals surface area (Å²) in [5, 5.41) is 12.9. The molecular formula is C18H30N6OS. The van der Waals surface area contributed by atoms with Gasteiger partial charge in [-0.1, -0.05) is 45.9 Å². The SMILES string of the molecule is CCCCC(=O)NCCn1ncc2c(NCCC)nc(SC(C)C)nc21. The number of amides is 1. The Bertz CT molecular complexity index is 715. The van der Waals surface area contributed by atoms with Gasteiger partial charge in [-0.3, -0.25) is 4.79 Å². The molecule has 0 atom stereocenters. The minimum absolute atomic E-state index is 0.0966. The van der Waals surface area contributed by atoms with E-state index in [9.17, 15) is 4.79 Å². The van der Waals surface area contributed by atoms with Crippen LogP contribution < -0.4 is 10.6 Å². The van der Waals surface area contributed by atoms with Crippen LogP contribution in [0.3, 0.4) is 0 Å². The van der Waals surface area contributed by atoms with Crippen LogP contribution >= 0.6 is 11.8 Å². The summed E-state index contributed by atoms with van der Waals surface area (Å²) in [7, 11) is 0. The maximum absolute atomic E-state index is 11.8. The first-order chi connectivity index (χ1) is 12.5. The van der Waals surface area contributed by atoms with Crippen LogP contribution in [-0.2, 0) is 11.3 Å². The van der Waals surface area contributed by atoms with Gasteiger partial charge in [-0.15, -0.1) is 0 Å². The summed E-state index contributed by atoms with van der Waals surface area (Å²) in [4.78, 5) is 21.1. The normalized spacial score (nSPS) is 11.3. The second kappa shape index (κ2) is 10.4. The minimum Gasteiger partial charge on any atom is -0.369 e. The third-order valence-corrected chi connectivity index (χ3v) is 4.63. The molecule has 26 heavy (non-hydrogen) atoms. The number of fused-ring (bicyclic) bond motifs is 1. The third kappa shape index (κ3) is 5.86. The van der Waals surface area contributed by atoms with Gasteiger partial charge in [0.1, 0.15) is 5.82 Å². The molecule has 0 radical (unpaired) electrons. The molecule has 1 amide bonds. The Labute approximate surface area is 159 Å². The fraction of sp³-hybridized carbons (Fsp3) is 0.667. The Kier molecular flexibility index (Phi) is 8.15. The summed E-state index contributed by atoms with van der Waals surface area (Å²) >= 11 is 1.64. The summed E-state index contributed by atoms with van der Waals surface area (Å²) in [5.74, 6) is 0.928. The van der Waals surface area contributed by atoms with Crippen molar-refractivity contribution in [3.8, 4) is 0 Å². The van der Waals surface area contributed by atoms with E-state index in [1.54, 1.807) is 18.0 Å². The van der Waals surface area contributed by atoms with E-state index in [1.807, 2.05) is 4.68 Å². The highest BCUT2D eigenvalue weighted by molar-refractivity contribution is 7.99. The van der Waals surface area contributed by atoms with E-state index < -0.39 is 0 Å². The van der Waals surface area contributed by atoms with E-state index in [2.05, 4.69) is 48.4 Å². The first-order valence-corrected chi connectivity index (χ1v) is 10.3. The van der Waals surface area contributed by atoms with E-state index in [4.69, 9.17) is 4.98 Å². The lowest BCUT2D eigenvalue weighted by Gasteiger charge is -2.10. The topological polar surface area (TPSA) is 84.7 Å². The van der Waals surface area contributed by atoms with E-state index >= 15 is 0 Å². The highest BCUT2D eigenvalue weighted by Crippen LogP contribution is 2.26. The largest absolute Gasteiger partial charge is 0.369 e. The molecule has 0 aliphatic heterocycles. The average molecular weight is 379 g/mol. The number of anilines is 1. The van der Waals surface area contributed by atoms with E-state index in [0.29, 0.717) is 24.8 Å². The molecule has 2 aromatic heterocycles. The van der Waals surface area contributed by atoms with Crippen molar-refractivity contribution in [3.05, 3.63) is 6.20 Å². The van der Waals surface area contributed by atoms with Crippen molar-refractivity contribution in [2.45, 2.75) is 70.3 Å². The maximum atomic E-state index is 11.8. The van der Waals surface area contributed by atoms with Crippen molar-refractivity contribution in [1.29, 1.82) is 0 Å². The zero-order chi connectivity index (χ0) is 18.9. The number of carbonyl (C=O) groups excluding carboxylic acids is 1. The van der Waals surface area contributed by atoms with Crippen LogP contribution in [0.15, 0.2) is 11.4 Å². The molecule has 2 heterocycles. The summed E-state index contributed by atoms with van der Waals surface area (Å²) in [6, 6.07) is 0. The summed E-state index contributed by atoms with van der Waals surface area (Å²) in [6.45, 7) is 10.5. The Morgan fingerprint density at radius 3 is 2.73 bits per heavy atom. The Balaban J connectivity index is 2.15. The first kappa shape index (κ1) is 20.5. The van der Waals surface area contributed by atoms with Crippen molar-refractivity contribution in [3.63, 3.8) is 0 Å². The number of hydrogen-bond acceptors (Lipinski definition) is 6. The molecule has 0 aromatic carbocycles. The van der Waals surface area contributed by atoms with E-state index in [1.165, 1.54) is 0 Å². The smallest absolute Gasteiger partial charge is 0.220 e. The van der Waals surface area contributed by atoms with E-state index in [0.717, 1.165) is 47.8 Å². The van der Waals surface area contributed by atoms with Crippen molar-refractivity contribution in [2.75, 3.05) is 18.4 Å². The second-order valence-electron chi connectivity index (χ2n) is 6.51. The van der Waals surface area contributed by atoms with Crippen LogP contribution in [0.25, 0.3) is 11.0 Å². The van der Waals surface area contributed by atoms with Crippen molar-refractivity contribution in [1.82, 2.24) is 25.1 Å². The Morgan fingerprint density at radius 1 is 1.23 bits per heavy atom. The molecule has 2 N–H and O–H groups in total. The molecule has 0 aliphatic carbocycles. The van der Waals surface area contributed by atoms with Crippen LogP contribution in [-0.4, -0.2) is 44.0 Å². The van der Waals surface area contributed by atoms with Crippen molar-refractivity contribution in [2.24, 2.45) is 0 Å². The van der Waals surface area contributed by atoms with Gasteiger partial charge in [0.2, 0.25) is 5.91 Å². The zero-order valence-electron chi connectivity index (χ0n) is 16.2. The van der Waals surface area contributed by atoms with Gasteiger partial charge in [-0.05, 0) is 12.8 Å². The average Bonchev–Trinajstić information content (AvgIpc) is 3.00. The van der Waals surface area contributed by atoms with Gasteiger partial charge in [0.05, 0.1) is 18.1 Å². The second-order valence-corrected chi connectivity index (χ2v) is 8.05. The summed E-state index contributed by atoms with van der Waals surface area (Å²) < 4.78 is 1.85. The number of carbonyl (C=O) groups is 1. The molecule has 144 valence electrons. The minimum atomic E-state index is 0.0966. The van der Waals surface area contributed by atoms with Crippen LogP contribution in [0.1, 0.15) is 53.4 Å². The molecule has 7 nitrogen and oxygen atoms in total. The fourth-order valence-corrected chi connectivity index (χ4v) is 3.17. The molecule has 0 bridgehead atoms. The quantitative estimate of drug-likeness (QED) is 0.460. The molecular weight excluding hydrogens is 348 g/mol. The van der Waals surface area contributed by atoms with Gasteiger partial charge in [0.25, 0.3) is 0 Å². The fourth-order valence-electron chi connectivity index (χ4n) is 2.47. The molecule has 2 rings (SSSR count). The molecule has 2 aromatic rings. The number of hydrogen-bond donors (Lipinski definition) is 2. The van der Waals surface area contributed by atoms with Gasteiger partial charge in [-0.25, -0.2) is 14.6 Å². The number of rotatable bonds is 11. The van der Waals surface area contributed by atoms with Gasteiger partial charge >= 0.3 is 0 Å². The lowest BCUT2D eigenvalue weighted by atomic mass is 10.2. The van der Waals surface area contributed by atoms with Gasteiger partial charge in [0, 0.05) is 24.8 Å². The van der Waals surface area contributed by atoms with Crippen LogP contribution in [0, 0.1) is 0 Å². The lowest BCUT2D eigenvalue weighted by molar-refractivity contribution is -0.121. The number of unbranched alkanes of at least 4 members (excludes halogenated alkanes) is 1. The molecule has 0 aliphatic rings. The molecule has 8 heteroatoms. The van der Waals surface area contributed by atoms with Gasteiger partial charge < -0.3 is 10.6 Å². The Morgan fingerprint density at radius 2 is 2.04 bits per heavy atom. The van der Waals surface area contributed by atoms with E-state index in [-0.39, 0.29) is 5.91 Å². The van der Waals surface area contributed by atoms with Crippen molar-refractivity contribution >= 4 is 34.5 Å². The highest BCUT2D eigenvalue weighted by Gasteiger charge is 2.14. The van der Waals surface area contributed by atoms with Gasteiger partial charge in [0.15, 0.2) is 10.8 Å². The van der Waals surface area contributed by atoms with Crippen LogP contribution in [0.2, 0.25) is 0 Å². The molecule has 0 saturated heterocycles. The molecule has 0 unspecified atom stereocenters. The number of nitrogens with one attached hydrogen (secondary N) is 2. The monoisotopic (exact) mass is 378 g/mol. The lowest BCUT2D eigenvalue weighted by Crippen LogP contribution is -2.27. The number of thioether (sulfide) groups is 1. The molecule has 0 fully saturated rings. The first-order valence-electron chi connectivity index (χ1n) is 9.45. The standard InChI is InChI=1S/C18H30N6OS/c1-5-7-8-15(25)19-10-11-24-17-14(12-21-24)16(20-9-6-2)22-18(23-17)26-13(3)4/h12-13H,5-11H2,1-4H3,(H,19,25)(H,20,22,23). The predicted molar refractivity (Wildman–Crippen MR) is 108 cm³/mol. The van der Waals surface area contributed by atoms with Crippen molar-refractivity contribution < 1.29 is 4.79 Å². The van der Waals surface area contributed by atoms with Crippen LogP contribution in [0.4, 0.5) is 5.82 Å².